The number of nitrogens with zero attached hydrogens (tertiary/aromatic N) is 3. The fourth-order valence-electron chi connectivity index (χ4n) is 2.31. The molecule has 0 aliphatic heterocycles. The molecular formula is C18H23N3OS. The number of hydrogen-bond donors (Lipinski definition) is 0. The van der Waals surface area contributed by atoms with Crippen molar-refractivity contribution in [1.82, 2.24) is 14.8 Å². The van der Waals surface area contributed by atoms with Gasteiger partial charge in [-0.1, -0.05) is 62.9 Å². The van der Waals surface area contributed by atoms with Crippen molar-refractivity contribution < 1.29 is 4.79 Å². The van der Waals surface area contributed by atoms with Crippen LogP contribution < -0.4 is 0 Å². The summed E-state index contributed by atoms with van der Waals surface area (Å²) in [5.74, 6) is 2.30. The summed E-state index contributed by atoms with van der Waals surface area (Å²) < 4.78 is 2.19. The highest BCUT2D eigenvalue weighted by Crippen LogP contribution is 2.40. The summed E-state index contributed by atoms with van der Waals surface area (Å²) in [6.07, 6.45) is 2.39. The Labute approximate surface area is 141 Å². The van der Waals surface area contributed by atoms with Crippen molar-refractivity contribution in [3.63, 3.8) is 0 Å². The molecule has 1 fully saturated rings. The number of Topliss-reactive ketones (excluding diaryl/α,β-unsaturated/α-hetero) is 1. The highest BCUT2D eigenvalue weighted by molar-refractivity contribution is 7.99. The molecule has 0 radical (unpaired) electrons. The van der Waals surface area contributed by atoms with E-state index in [1.165, 1.54) is 30.2 Å². The largest absolute Gasteiger partial charge is 0.301 e. The van der Waals surface area contributed by atoms with Crippen LogP contribution in [0.2, 0.25) is 0 Å². The van der Waals surface area contributed by atoms with Crippen LogP contribution in [-0.2, 0) is 11.3 Å². The third-order valence-electron chi connectivity index (χ3n) is 4.04. The standard InChI is InChI=1S/C18H23N3OS/c1-18(2,3)15(22)12-23-17-20-19-16(14-9-10-14)21(17)11-13-7-5-4-6-8-13/h4-8,14H,9-12H2,1-3H3. The molecule has 0 N–H and O–H groups in total. The Morgan fingerprint density at radius 1 is 1.22 bits per heavy atom. The lowest BCUT2D eigenvalue weighted by molar-refractivity contribution is -0.123. The molecule has 1 aromatic carbocycles. The molecule has 1 aliphatic carbocycles. The first kappa shape index (κ1) is 16.2. The van der Waals surface area contributed by atoms with Gasteiger partial charge in [-0.3, -0.25) is 4.79 Å². The lowest BCUT2D eigenvalue weighted by Gasteiger charge is -2.16. The molecule has 0 unspecified atom stereocenters. The predicted molar refractivity (Wildman–Crippen MR) is 92.7 cm³/mol. The van der Waals surface area contributed by atoms with Crippen LogP contribution in [0.1, 0.15) is 50.9 Å². The minimum absolute atomic E-state index is 0.240. The van der Waals surface area contributed by atoms with E-state index in [1.807, 2.05) is 39.0 Å². The molecule has 5 heteroatoms. The van der Waals surface area contributed by atoms with Gasteiger partial charge in [-0.2, -0.15) is 0 Å². The first-order valence-electron chi connectivity index (χ1n) is 8.08. The average molecular weight is 329 g/mol. The molecule has 3 rings (SSSR count). The highest BCUT2D eigenvalue weighted by Gasteiger charge is 2.31. The van der Waals surface area contributed by atoms with Crippen LogP contribution in [0.25, 0.3) is 0 Å². The van der Waals surface area contributed by atoms with Crippen molar-refractivity contribution in [3.05, 3.63) is 41.7 Å². The summed E-state index contributed by atoms with van der Waals surface area (Å²) in [5.41, 5.74) is 0.926. The van der Waals surface area contributed by atoms with Gasteiger partial charge in [-0.05, 0) is 18.4 Å². The van der Waals surface area contributed by atoms with Gasteiger partial charge in [0.25, 0.3) is 0 Å². The fourth-order valence-corrected chi connectivity index (χ4v) is 3.42. The van der Waals surface area contributed by atoms with Crippen molar-refractivity contribution >= 4 is 17.5 Å². The molecule has 0 saturated heterocycles. The van der Waals surface area contributed by atoms with E-state index in [-0.39, 0.29) is 11.2 Å². The molecule has 0 bridgehead atoms. The zero-order valence-corrected chi connectivity index (χ0v) is 14.8. The molecular weight excluding hydrogens is 306 g/mol. The summed E-state index contributed by atoms with van der Waals surface area (Å²) in [6, 6.07) is 10.4. The summed E-state index contributed by atoms with van der Waals surface area (Å²) in [4.78, 5) is 12.2. The molecule has 4 nitrogen and oxygen atoms in total. The van der Waals surface area contributed by atoms with E-state index in [4.69, 9.17) is 0 Å². The number of ketones is 1. The van der Waals surface area contributed by atoms with Crippen molar-refractivity contribution in [2.75, 3.05) is 5.75 Å². The second-order valence-electron chi connectivity index (χ2n) is 7.15. The van der Waals surface area contributed by atoms with Gasteiger partial charge in [0.05, 0.1) is 12.3 Å². The topological polar surface area (TPSA) is 47.8 Å². The number of hydrogen-bond acceptors (Lipinski definition) is 4. The molecule has 1 aliphatic rings. The monoisotopic (exact) mass is 329 g/mol. The molecule has 23 heavy (non-hydrogen) atoms. The number of carbonyl (C=O) groups excluding carboxylic acids is 1. The van der Waals surface area contributed by atoms with Crippen LogP contribution in [0.15, 0.2) is 35.5 Å². The molecule has 1 aromatic heterocycles. The summed E-state index contributed by atoms with van der Waals surface area (Å²) in [7, 11) is 0. The van der Waals surface area contributed by atoms with Crippen LogP contribution in [0.5, 0.6) is 0 Å². The Morgan fingerprint density at radius 3 is 2.52 bits per heavy atom. The van der Waals surface area contributed by atoms with E-state index in [9.17, 15) is 4.79 Å². The summed E-state index contributed by atoms with van der Waals surface area (Å²) >= 11 is 1.51. The zero-order valence-electron chi connectivity index (χ0n) is 14.0. The van der Waals surface area contributed by atoms with Gasteiger partial charge in [0, 0.05) is 11.3 Å². The molecule has 2 aromatic rings. The van der Waals surface area contributed by atoms with Crippen molar-refractivity contribution in [1.29, 1.82) is 0 Å². The fraction of sp³-hybridized carbons (Fsp3) is 0.500. The minimum Gasteiger partial charge on any atom is -0.301 e. The van der Waals surface area contributed by atoms with Gasteiger partial charge in [-0.25, -0.2) is 0 Å². The van der Waals surface area contributed by atoms with E-state index in [0.29, 0.717) is 11.7 Å². The van der Waals surface area contributed by atoms with Crippen LogP contribution >= 0.6 is 11.8 Å². The Kier molecular flexibility index (Phi) is 4.57. The van der Waals surface area contributed by atoms with E-state index >= 15 is 0 Å². The SMILES string of the molecule is CC(C)(C)C(=O)CSc1nnc(C2CC2)n1Cc1ccccc1. The second-order valence-corrected chi connectivity index (χ2v) is 8.09. The van der Waals surface area contributed by atoms with E-state index in [2.05, 4.69) is 26.9 Å². The predicted octanol–water partition coefficient (Wildman–Crippen LogP) is 3.91. The van der Waals surface area contributed by atoms with Gasteiger partial charge in [0.15, 0.2) is 5.16 Å². The number of benzene rings is 1. The van der Waals surface area contributed by atoms with E-state index in [0.717, 1.165) is 17.5 Å². The van der Waals surface area contributed by atoms with Gasteiger partial charge in [0.1, 0.15) is 11.6 Å². The number of rotatable bonds is 6. The van der Waals surface area contributed by atoms with E-state index < -0.39 is 0 Å². The number of carbonyl (C=O) groups is 1. The third kappa shape index (κ3) is 4.02. The smallest absolute Gasteiger partial charge is 0.191 e. The molecule has 1 saturated carbocycles. The first-order chi connectivity index (χ1) is 10.9. The maximum atomic E-state index is 12.2. The maximum Gasteiger partial charge on any atom is 0.191 e. The number of thioether (sulfide) groups is 1. The van der Waals surface area contributed by atoms with Gasteiger partial charge >= 0.3 is 0 Å². The van der Waals surface area contributed by atoms with Crippen LogP contribution in [0, 0.1) is 5.41 Å². The Hall–Kier alpha value is -1.62. The first-order valence-corrected chi connectivity index (χ1v) is 9.07. The summed E-state index contributed by atoms with van der Waals surface area (Å²) in [5, 5.41) is 9.60. The Balaban J connectivity index is 1.79. The molecule has 122 valence electrons. The van der Waals surface area contributed by atoms with Crippen LogP contribution in [0.3, 0.4) is 0 Å². The lowest BCUT2D eigenvalue weighted by atomic mass is 9.92. The van der Waals surface area contributed by atoms with Crippen LogP contribution in [-0.4, -0.2) is 26.3 Å². The normalized spacial score (nSPS) is 14.9. The second kappa shape index (κ2) is 6.48. The summed E-state index contributed by atoms with van der Waals surface area (Å²) in [6.45, 7) is 6.65. The maximum absolute atomic E-state index is 12.2. The Morgan fingerprint density at radius 2 is 1.91 bits per heavy atom. The van der Waals surface area contributed by atoms with Crippen molar-refractivity contribution in [3.8, 4) is 0 Å². The lowest BCUT2D eigenvalue weighted by Crippen LogP contribution is -2.22. The van der Waals surface area contributed by atoms with Gasteiger partial charge < -0.3 is 4.57 Å². The third-order valence-corrected chi connectivity index (χ3v) is 5.01. The molecule has 0 amide bonds. The van der Waals surface area contributed by atoms with E-state index in [1.54, 1.807) is 0 Å². The molecule has 0 spiro atoms. The zero-order chi connectivity index (χ0) is 16.4. The van der Waals surface area contributed by atoms with Crippen molar-refractivity contribution in [2.45, 2.75) is 51.2 Å². The quantitative estimate of drug-likeness (QED) is 0.754. The molecule has 0 atom stereocenters. The number of aromatic nitrogens is 3. The van der Waals surface area contributed by atoms with Gasteiger partial charge in [-0.15, -0.1) is 10.2 Å². The molecule has 1 heterocycles. The average Bonchev–Trinajstić information content (AvgIpc) is 3.28. The minimum atomic E-state index is -0.309. The van der Waals surface area contributed by atoms with Gasteiger partial charge in [0.2, 0.25) is 0 Å². The van der Waals surface area contributed by atoms with Crippen LogP contribution in [0.4, 0.5) is 0 Å². The van der Waals surface area contributed by atoms with Crippen molar-refractivity contribution in [2.24, 2.45) is 5.41 Å². The Bertz CT molecular complexity index is 684. The highest BCUT2D eigenvalue weighted by atomic mass is 32.2.